The fourth-order valence-corrected chi connectivity index (χ4v) is 7.45. The third kappa shape index (κ3) is 5.32. The fraction of sp³-hybridized carbons (Fsp3) is 0.0385. The lowest BCUT2D eigenvalue weighted by atomic mass is 10.2. The summed E-state index contributed by atoms with van der Waals surface area (Å²) in [5.41, 5.74) is 0.157. The number of sulfonamides is 1. The molecule has 0 bridgehead atoms. The van der Waals surface area contributed by atoms with Crippen molar-refractivity contribution < 1.29 is 21.8 Å². The molecular formula is C26H19N3O7S3. The Morgan fingerprint density at radius 3 is 2.03 bits per heavy atom. The highest BCUT2D eigenvalue weighted by molar-refractivity contribution is 7.92. The number of hydrogen-bond acceptors (Lipinski definition) is 8. The van der Waals surface area contributed by atoms with Crippen molar-refractivity contribution in [2.24, 2.45) is 0 Å². The molecule has 198 valence electrons. The summed E-state index contributed by atoms with van der Waals surface area (Å²) in [4.78, 5) is 23.2. The van der Waals surface area contributed by atoms with E-state index >= 15 is 0 Å². The van der Waals surface area contributed by atoms with Gasteiger partial charge in [-0.15, -0.1) is 0 Å². The lowest BCUT2D eigenvalue weighted by Gasteiger charge is -2.10. The van der Waals surface area contributed by atoms with Crippen LogP contribution >= 0.6 is 11.5 Å². The Hall–Kier alpha value is -4.33. The van der Waals surface area contributed by atoms with Gasteiger partial charge >= 0.3 is 0 Å². The first-order valence-electron chi connectivity index (χ1n) is 11.3. The van der Waals surface area contributed by atoms with Crippen LogP contribution in [0.2, 0.25) is 0 Å². The van der Waals surface area contributed by atoms with Crippen molar-refractivity contribution in [2.45, 2.75) is 15.5 Å². The van der Waals surface area contributed by atoms with E-state index in [4.69, 9.17) is 0 Å². The number of aromatic nitrogens is 1. The van der Waals surface area contributed by atoms with Crippen LogP contribution in [-0.2, 0) is 25.6 Å². The summed E-state index contributed by atoms with van der Waals surface area (Å²) in [6.07, 6.45) is 0. The molecule has 0 aliphatic carbocycles. The smallest absolute Gasteiger partial charge is 0.273 e. The lowest BCUT2D eigenvalue weighted by Crippen LogP contribution is -2.16. The largest absolute Gasteiger partial charge is 0.283 e. The number of anilines is 1. The van der Waals surface area contributed by atoms with Crippen molar-refractivity contribution in [3.05, 3.63) is 123 Å². The van der Waals surface area contributed by atoms with Crippen LogP contribution in [0.3, 0.4) is 0 Å². The van der Waals surface area contributed by atoms with Crippen molar-refractivity contribution in [2.75, 3.05) is 4.72 Å². The van der Waals surface area contributed by atoms with Crippen LogP contribution in [-0.4, -0.2) is 25.7 Å². The molecule has 0 fully saturated rings. The maximum Gasteiger partial charge on any atom is 0.273 e. The number of rotatable bonds is 8. The zero-order valence-electron chi connectivity index (χ0n) is 19.9. The monoisotopic (exact) mass is 581 g/mol. The summed E-state index contributed by atoms with van der Waals surface area (Å²) in [7, 11) is -7.95. The average molecular weight is 582 g/mol. The number of nitrogens with zero attached hydrogens (tertiary/aromatic N) is 2. The summed E-state index contributed by atoms with van der Waals surface area (Å²) in [5, 5.41) is 11.8. The molecule has 5 aromatic rings. The van der Waals surface area contributed by atoms with Crippen LogP contribution in [0.25, 0.3) is 15.8 Å². The molecule has 10 nitrogen and oxygen atoms in total. The standard InChI is InChI=1S/C26H19N3O7S3/c30-26-23-6-2-4-8-25(23)37-28(26)20-11-15-22(16-12-20)39(35,36)21-13-9-19(10-14-21)27-38(33,34)17-18-5-1-3-7-24(18)29(31)32/h1-16,27H,17H2. The SMILES string of the molecule is O=c1c2ccccc2sn1-c1ccc(S(=O)(=O)c2ccc(NS(=O)(=O)Cc3ccccc3[N+](=O)[O-])cc2)cc1. The predicted molar refractivity (Wildman–Crippen MR) is 149 cm³/mol. The molecule has 0 saturated heterocycles. The Morgan fingerprint density at radius 1 is 0.795 bits per heavy atom. The molecule has 4 aromatic carbocycles. The van der Waals surface area contributed by atoms with Gasteiger partial charge in [-0.25, -0.2) is 20.8 Å². The third-order valence-corrected chi connectivity index (χ3v) is 9.98. The van der Waals surface area contributed by atoms with Gasteiger partial charge in [0.15, 0.2) is 0 Å². The van der Waals surface area contributed by atoms with E-state index in [2.05, 4.69) is 4.72 Å². The number of fused-ring (bicyclic) bond motifs is 1. The number of benzene rings is 4. The highest BCUT2D eigenvalue weighted by Crippen LogP contribution is 2.26. The van der Waals surface area contributed by atoms with Crippen LogP contribution in [0.4, 0.5) is 11.4 Å². The molecule has 0 amide bonds. The molecule has 13 heteroatoms. The molecule has 0 unspecified atom stereocenters. The second kappa shape index (κ2) is 10.1. The van der Waals surface area contributed by atoms with Gasteiger partial charge < -0.3 is 0 Å². The van der Waals surface area contributed by atoms with Gasteiger partial charge in [-0.3, -0.25) is 19.6 Å². The molecule has 0 aliphatic rings. The second-order valence-electron chi connectivity index (χ2n) is 8.46. The molecule has 1 aromatic heterocycles. The minimum atomic E-state index is -4.02. The summed E-state index contributed by atoms with van der Waals surface area (Å²) < 4.78 is 56.1. The van der Waals surface area contributed by atoms with Gasteiger partial charge in [-0.05, 0) is 60.7 Å². The number of nitrogens with one attached hydrogen (secondary N) is 1. The van der Waals surface area contributed by atoms with Gasteiger partial charge in [-0.2, -0.15) is 0 Å². The Kier molecular flexibility index (Phi) is 6.80. The van der Waals surface area contributed by atoms with Gasteiger partial charge in [0.25, 0.3) is 11.2 Å². The van der Waals surface area contributed by atoms with E-state index in [1.165, 1.54) is 76.2 Å². The van der Waals surface area contributed by atoms with E-state index in [1.54, 1.807) is 24.3 Å². The molecule has 1 N–H and O–H groups in total. The summed E-state index contributed by atoms with van der Waals surface area (Å²) in [6, 6.07) is 23.8. The second-order valence-corrected chi connectivity index (χ2v) is 13.1. The van der Waals surface area contributed by atoms with Crippen molar-refractivity contribution in [3.63, 3.8) is 0 Å². The van der Waals surface area contributed by atoms with Crippen LogP contribution in [0.15, 0.2) is 112 Å². The molecule has 1 heterocycles. The van der Waals surface area contributed by atoms with Crippen LogP contribution in [0.5, 0.6) is 0 Å². The fourth-order valence-electron chi connectivity index (χ4n) is 3.97. The zero-order chi connectivity index (χ0) is 27.8. The van der Waals surface area contributed by atoms with Gasteiger partial charge in [0, 0.05) is 17.3 Å². The van der Waals surface area contributed by atoms with E-state index in [9.17, 15) is 31.7 Å². The zero-order valence-corrected chi connectivity index (χ0v) is 22.4. The molecule has 0 aliphatic heterocycles. The highest BCUT2D eigenvalue weighted by Gasteiger charge is 2.21. The summed E-state index contributed by atoms with van der Waals surface area (Å²) >= 11 is 1.26. The quantitative estimate of drug-likeness (QED) is 0.206. The molecule has 0 radical (unpaired) electrons. The molecular weight excluding hydrogens is 563 g/mol. The van der Waals surface area contributed by atoms with Gasteiger partial charge in [0.05, 0.1) is 30.5 Å². The van der Waals surface area contributed by atoms with Crippen molar-refractivity contribution >= 4 is 52.9 Å². The third-order valence-electron chi connectivity index (χ3n) is 5.84. The highest BCUT2D eigenvalue weighted by atomic mass is 32.2. The van der Waals surface area contributed by atoms with Crippen molar-refractivity contribution in [3.8, 4) is 5.69 Å². The number of nitro groups is 1. The Bertz CT molecular complexity index is 1980. The Labute approximate surface area is 227 Å². The normalized spacial score (nSPS) is 11.9. The molecule has 39 heavy (non-hydrogen) atoms. The first kappa shape index (κ1) is 26.3. The number of hydrogen-bond donors (Lipinski definition) is 1. The minimum Gasteiger partial charge on any atom is -0.283 e. The Balaban J connectivity index is 1.34. The summed E-state index contributed by atoms with van der Waals surface area (Å²) in [5.74, 6) is -0.626. The Morgan fingerprint density at radius 2 is 1.38 bits per heavy atom. The first-order chi connectivity index (χ1) is 18.5. The van der Waals surface area contributed by atoms with E-state index < -0.39 is 30.5 Å². The van der Waals surface area contributed by atoms with E-state index in [1.807, 2.05) is 12.1 Å². The first-order valence-corrected chi connectivity index (χ1v) is 15.3. The number of sulfone groups is 1. The maximum atomic E-state index is 13.2. The van der Waals surface area contributed by atoms with Gasteiger partial charge in [0.2, 0.25) is 19.9 Å². The van der Waals surface area contributed by atoms with E-state index in [-0.39, 0.29) is 32.3 Å². The molecule has 0 saturated carbocycles. The lowest BCUT2D eigenvalue weighted by molar-refractivity contribution is -0.385. The van der Waals surface area contributed by atoms with E-state index in [0.29, 0.717) is 11.1 Å². The van der Waals surface area contributed by atoms with Crippen LogP contribution < -0.4 is 10.3 Å². The molecule has 5 rings (SSSR count). The van der Waals surface area contributed by atoms with E-state index in [0.717, 1.165) is 4.70 Å². The molecule has 0 atom stereocenters. The average Bonchev–Trinajstić information content (AvgIpc) is 3.25. The van der Waals surface area contributed by atoms with Crippen LogP contribution in [0.1, 0.15) is 5.56 Å². The topological polar surface area (TPSA) is 145 Å². The number of nitro benzene ring substituents is 1. The minimum absolute atomic E-state index is 0.00475. The van der Waals surface area contributed by atoms with Crippen LogP contribution in [0, 0.1) is 10.1 Å². The van der Waals surface area contributed by atoms with Gasteiger partial charge in [0.1, 0.15) is 5.75 Å². The number of para-hydroxylation sites is 1. The summed E-state index contributed by atoms with van der Waals surface area (Å²) in [6.45, 7) is 0. The predicted octanol–water partition coefficient (Wildman–Crippen LogP) is 4.74. The maximum absolute atomic E-state index is 13.2. The van der Waals surface area contributed by atoms with Gasteiger partial charge in [-0.1, -0.05) is 41.9 Å². The van der Waals surface area contributed by atoms with Crippen molar-refractivity contribution in [1.82, 2.24) is 3.96 Å². The molecule has 0 spiro atoms. The van der Waals surface area contributed by atoms with Crippen molar-refractivity contribution in [1.29, 1.82) is 0 Å².